The summed E-state index contributed by atoms with van der Waals surface area (Å²) >= 11 is 12.2. The van der Waals surface area contributed by atoms with Gasteiger partial charge in [-0.1, -0.05) is 50.0 Å². The average molecular weight is 274 g/mol. The van der Waals surface area contributed by atoms with Crippen LogP contribution in [0.15, 0.2) is 18.2 Å². The van der Waals surface area contributed by atoms with Crippen LogP contribution in [0.5, 0.6) is 0 Å². The van der Waals surface area contributed by atoms with Crippen LogP contribution in [-0.2, 0) is 0 Å². The molecule has 0 aliphatic rings. The summed E-state index contributed by atoms with van der Waals surface area (Å²) in [6, 6.07) is 6.60. The molecule has 0 radical (unpaired) electrons. The van der Waals surface area contributed by atoms with Crippen molar-refractivity contribution >= 4 is 23.2 Å². The van der Waals surface area contributed by atoms with E-state index in [9.17, 15) is 0 Å². The lowest BCUT2D eigenvalue weighted by molar-refractivity contribution is 0.407. The minimum absolute atomic E-state index is 0.310. The van der Waals surface area contributed by atoms with Crippen LogP contribution in [0.25, 0.3) is 0 Å². The van der Waals surface area contributed by atoms with E-state index < -0.39 is 0 Å². The Kier molecular flexibility index (Phi) is 6.32. The molecule has 0 heterocycles. The number of halogens is 2. The van der Waals surface area contributed by atoms with E-state index in [1.807, 2.05) is 18.2 Å². The van der Waals surface area contributed by atoms with Crippen molar-refractivity contribution in [2.45, 2.75) is 52.1 Å². The van der Waals surface area contributed by atoms with Crippen molar-refractivity contribution in [3.05, 3.63) is 33.8 Å². The first-order valence-electron chi connectivity index (χ1n) is 6.33. The summed E-state index contributed by atoms with van der Waals surface area (Å²) in [6.45, 7) is 6.58. The maximum atomic E-state index is 6.25. The summed E-state index contributed by atoms with van der Waals surface area (Å²) in [4.78, 5) is 0. The zero-order valence-electron chi connectivity index (χ0n) is 10.8. The molecule has 1 aromatic rings. The second kappa shape index (κ2) is 7.25. The molecule has 0 amide bonds. The van der Waals surface area contributed by atoms with E-state index in [0.717, 1.165) is 29.8 Å². The molecule has 3 heteroatoms. The molecule has 1 N–H and O–H groups in total. The lowest BCUT2D eigenvalue weighted by atomic mass is 10.0. The SMILES string of the molecule is CCC(CC)NC(CC)c1ccc(Cl)cc1Cl. The number of hydrogen-bond donors (Lipinski definition) is 1. The van der Waals surface area contributed by atoms with Gasteiger partial charge in [0.05, 0.1) is 0 Å². The van der Waals surface area contributed by atoms with Gasteiger partial charge >= 0.3 is 0 Å². The minimum Gasteiger partial charge on any atom is -0.307 e. The van der Waals surface area contributed by atoms with Gasteiger partial charge in [0, 0.05) is 22.1 Å². The van der Waals surface area contributed by atoms with Gasteiger partial charge in [0.25, 0.3) is 0 Å². The van der Waals surface area contributed by atoms with Crippen molar-refractivity contribution in [1.82, 2.24) is 5.32 Å². The van der Waals surface area contributed by atoms with Crippen LogP contribution in [-0.4, -0.2) is 6.04 Å². The predicted molar refractivity (Wildman–Crippen MR) is 77.0 cm³/mol. The van der Waals surface area contributed by atoms with Gasteiger partial charge in [-0.3, -0.25) is 0 Å². The molecule has 0 saturated heterocycles. The van der Waals surface area contributed by atoms with E-state index in [0.29, 0.717) is 17.1 Å². The highest BCUT2D eigenvalue weighted by atomic mass is 35.5. The fraction of sp³-hybridized carbons (Fsp3) is 0.571. The second-order valence-electron chi connectivity index (χ2n) is 4.31. The van der Waals surface area contributed by atoms with Crippen LogP contribution in [0.4, 0.5) is 0 Å². The second-order valence-corrected chi connectivity index (χ2v) is 5.15. The summed E-state index contributed by atoms with van der Waals surface area (Å²) in [5.41, 5.74) is 1.14. The van der Waals surface area contributed by atoms with Crippen LogP contribution in [0.3, 0.4) is 0 Å². The Morgan fingerprint density at radius 3 is 2.18 bits per heavy atom. The van der Waals surface area contributed by atoms with E-state index >= 15 is 0 Å². The quantitative estimate of drug-likeness (QED) is 0.749. The van der Waals surface area contributed by atoms with Gasteiger partial charge in [-0.25, -0.2) is 0 Å². The third kappa shape index (κ3) is 4.17. The van der Waals surface area contributed by atoms with Gasteiger partial charge < -0.3 is 5.32 Å². The van der Waals surface area contributed by atoms with E-state index in [1.165, 1.54) is 0 Å². The lowest BCUT2D eigenvalue weighted by Crippen LogP contribution is -2.31. The van der Waals surface area contributed by atoms with E-state index in [2.05, 4.69) is 26.1 Å². The highest BCUT2D eigenvalue weighted by molar-refractivity contribution is 6.35. The molecule has 17 heavy (non-hydrogen) atoms. The molecular weight excluding hydrogens is 253 g/mol. The Balaban J connectivity index is 2.85. The lowest BCUT2D eigenvalue weighted by Gasteiger charge is -2.24. The molecule has 96 valence electrons. The van der Waals surface area contributed by atoms with Crippen molar-refractivity contribution in [3.63, 3.8) is 0 Å². The minimum atomic E-state index is 0.310. The number of benzene rings is 1. The zero-order chi connectivity index (χ0) is 12.8. The first-order chi connectivity index (χ1) is 8.12. The topological polar surface area (TPSA) is 12.0 Å². The van der Waals surface area contributed by atoms with Gasteiger partial charge in [-0.05, 0) is 37.0 Å². The number of rotatable bonds is 6. The summed E-state index contributed by atoms with van der Waals surface area (Å²) in [5.74, 6) is 0. The highest BCUT2D eigenvalue weighted by Gasteiger charge is 2.15. The Morgan fingerprint density at radius 2 is 1.71 bits per heavy atom. The molecule has 0 saturated carbocycles. The monoisotopic (exact) mass is 273 g/mol. The molecule has 0 bridgehead atoms. The van der Waals surface area contributed by atoms with Crippen molar-refractivity contribution in [3.8, 4) is 0 Å². The smallest absolute Gasteiger partial charge is 0.0468 e. The average Bonchev–Trinajstić information content (AvgIpc) is 2.32. The van der Waals surface area contributed by atoms with E-state index in [4.69, 9.17) is 23.2 Å². The Bertz CT molecular complexity index is 348. The predicted octanol–water partition coefficient (Wildman–Crippen LogP) is 5.22. The Morgan fingerprint density at radius 1 is 1.06 bits per heavy atom. The normalized spacial score (nSPS) is 13.1. The van der Waals surface area contributed by atoms with Crippen molar-refractivity contribution in [1.29, 1.82) is 0 Å². The molecule has 1 nitrogen and oxygen atoms in total. The molecule has 0 aliphatic heterocycles. The molecule has 1 rings (SSSR count). The molecular formula is C14H21Cl2N. The van der Waals surface area contributed by atoms with Crippen LogP contribution >= 0.6 is 23.2 Å². The Labute approximate surface area is 115 Å². The standard InChI is InChI=1S/C14H21Cl2N/c1-4-11(5-2)17-14(6-3)12-8-7-10(15)9-13(12)16/h7-9,11,14,17H,4-6H2,1-3H3. The van der Waals surface area contributed by atoms with Crippen LogP contribution < -0.4 is 5.32 Å². The Hall–Kier alpha value is -0.240. The maximum absolute atomic E-state index is 6.25. The number of nitrogens with one attached hydrogen (secondary N) is 1. The maximum Gasteiger partial charge on any atom is 0.0468 e. The fourth-order valence-electron chi connectivity index (χ4n) is 2.02. The summed E-state index contributed by atoms with van der Waals surface area (Å²) in [6.07, 6.45) is 3.30. The van der Waals surface area contributed by atoms with Gasteiger partial charge in [-0.15, -0.1) is 0 Å². The van der Waals surface area contributed by atoms with Gasteiger partial charge in [0.1, 0.15) is 0 Å². The summed E-state index contributed by atoms with van der Waals surface area (Å²) in [5, 5.41) is 5.10. The van der Waals surface area contributed by atoms with E-state index in [1.54, 1.807) is 0 Å². The summed E-state index contributed by atoms with van der Waals surface area (Å²) in [7, 11) is 0. The van der Waals surface area contributed by atoms with E-state index in [-0.39, 0.29) is 0 Å². The molecule has 0 spiro atoms. The first kappa shape index (κ1) is 14.8. The molecule has 1 aromatic carbocycles. The molecule has 0 aromatic heterocycles. The third-order valence-corrected chi connectivity index (χ3v) is 3.73. The molecule has 1 atom stereocenters. The molecule has 0 fully saturated rings. The van der Waals surface area contributed by atoms with Crippen molar-refractivity contribution < 1.29 is 0 Å². The van der Waals surface area contributed by atoms with Gasteiger partial charge in [0.2, 0.25) is 0 Å². The fourth-order valence-corrected chi connectivity index (χ4v) is 2.56. The summed E-state index contributed by atoms with van der Waals surface area (Å²) < 4.78 is 0. The third-order valence-electron chi connectivity index (χ3n) is 3.17. The first-order valence-corrected chi connectivity index (χ1v) is 7.08. The largest absolute Gasteiger partial charge is 0.307 e. The number of hydrogen-bond acceptors (Lipinski definition) is 1. The molecule has 1 unspecified atom stereocenters. The highest BCUT2D eigenvalue weighted by Crippen LogP contribution is 2.28. The van der Waals surface area contributed by atoms with Crippen molar-refractivity contribution in [2.75, 3.05) is 0 Å². The zero-order valence-corrected chi connectivity index (χ0v) is 12.3. The van der Waals surface area contributed by atoms with Gasteiger partial charge in [0.15, 0.2) is 0 Å². The van der Waals surface area contributed by atoms with Gasteiger partial charge in [-0.2, -0.15) is 0 Å². The van der Waals surface area contributed by atoms with Crippen LogP contribution in [0.2, 0.25) is 10.0 Å². The van der Waals surface area contributed by atoms with Crippen LogP contribution in [0.1, 0.15) is 51.6 Å². The van der Waals surface area contributed by atoms with Crippen molar-refractivity contribution in [2.24, 2.45) is 0 Å². The molecule has 0 aliphatic carbocycles. The van der Waals surface area contributed by atoms with Crippen LogP contribution in [0, 0.1) is 0 Å².